The van der Waals surface area contributed by atoms with Crippen molar-refractivity contribution in [3.05, 3.63) is 57.6 Å². The van der Waals surface area contributed by atoms with Crippen LogP contribution in [-0.4, -0.2) is 12.6 Å². The fraction of sp³-hybridized carbons (Fsp3) is 0.538. The van der Waals surface area contributed by atoms with E-state index < -0.39 is 0 Å². The average molecular weight is 460 g/mol. The molecule has 5 heteroatoms. The van der Waals surface area contributed by atoms with E-state index in [2.05, 4.69) is 5.32 Å². The molecule has 4 aliphatic carbocycles. The van der Waals surface area contributed by atoms with Gasteiger partial charge < -0.3 is 14.8 Å². The van der Waals surface area contributed by atoms with E-state index in [0.29, 0.717) is 35.1 Å². The van der Waals surface area contributed by atoms with Crippen molar-refractivity contribution in [2.24, 2.45) is 23.7 Å². The third-order valence-corrected chi connectivity index (χ3v) is 8.23. The molecular weight excluding hydrogens is 429 g/mol. The van der Waals surface area contributed by atoms with Gasteiger partial charge in [0.25, 0.3) is 0 Å². The lowest BCUT2D eigenvalue weighted by Crippen LogP contribution is -2.54. The number of hydrogen-bond donors (Lipinski definition) is 1. The van der Waals surface area contributed by atoms with Crippen molar-refractivity contribution in [1.29, 1.82) is 0 Å². The fourth-order valence-corrected chi connectivity index (χ4v) is 6.76. The smallest absolute Gasteiger partial charge is 0.163 e. The first-order valence-corrected chi connectivity index (χ1v) is 12.4. The minimum absolute atomic E-state index is 0.376. The molecule has 0 amide bonds. The summed E-state index contributed by atoms with van der Waals surface area (Å²) in [4.78, 5) is 0. The number of halogens is 2. The van der Waals surface area contributed by atoms with E-state index in [1.54, 1.807) is 0 Å². The van der Waals surface area contributed by atoms with Crippen LogP contribution < -0.4 is 14.8 Å². The molecule has 6 rings (SSSR count). The Bertz CT molecular complexity index is 904. The maximum absolute atomic E-state index is 6.68. The zero-order valence-corrected chi connectivity index (χ0v) is 19.6. The van der Waals surface area contributed by atoms with E-state index in [-0.39, 0.29) is 0 Å². The second kappa shape index (κ2) is 9.21. The van der Waals surface area contributed by atoms with E-state index in [9.17, 15) is 0 Å². The minimum Gasteiger partial charge on any atom is -0.490 e. The van der Waals surface area contributed by atoms with Gasteiger partial charge in [0.2, 0.25) is 0 Å². The lowest BCUT2D eigenvalue weighted by atomic mass is 9.54. The van der Waals surface area contributed by atoms with Crippen LogP contribution in [-0.2, 0) is 13.2 Å². The van der Waals surface area contributed by atoms with Gasteiger partial charge in [-0.25, -0.2) is 0 Å². The molecule has 1 N–H and O–H groups in total. The molecule has 2 aromatic carbocycles. The molecule has 2 aromatic rings. The molecule has 0 heterocycles. The largest absolute Gasteiger partial charge is 0.490 e. The van der Waals surface area contributed by atoms with Crippen LogP contribution in [0.15, 0.2) is 36.4 Å². The Morgan fingerprint density at radius 3 is 2.19 bits per heavy atom. The monoisotopic (exact) mass is 459 g/mol. The quantitative estimate of drug-likeness (QED) is 0.466. The molecule has 0 saturated heterocycles. The van der Waals surface area contributed by atoms with Crippen molar-refractivity contribution in [2.45, 2.75) is 58.2 Å². The van der Waals surface area contributed by atoms with Crippen molar-refractivity contribution >= 4 is 23.2 Å². The SMILES string of the molecule is CCOc1cc(CNC2C3CC4CC(C3)CC2C4)c(Cl)cc1OCc1ccccc1Cl. The first-order chi connectivity index (χ1) is 15.1. The van der Waals surface area contributed by atoms with Crippen LogP contribution in [0.1, 0.15) is 50.2 Å². The molecule has 0 spiro atoms. The Kier molecular flexibility index (Phi) is 6.37. The Labute approximate surface area is 195 Å². The molecule has 0 aliphatic heterocycles. The van der Waals surface area contributed by atoms with E-state index in [1.807, 2.05) is 43.3 Å². The Morgan fingerprint density at radius 2 is 1.52 bits per heavy atom. The molecule has 31 heavy (non-hydrogen) atoms. The summed E-state index contributed by atoms with van der Waals surface area (Å²) in [6.07, 6.45) is 7.14. The number of hydrogen-bond acceptors (Lipinski definition) is 3. The van der Waals surface area contributed by atoms with Gasteiger partial charge in [-0.2, -0.15) is 0 Å². The highest BCUT2D eigenvalue weighted by molar-refractivity contribution is 6.31. The Morgan fingerprint density at radius 1 is 0.839 bits per heavy atom. The third kappa shape index (κ3) is 4.55. The van der Waals surface area contributed by atoms with Gasteiger partial charge in [0.1, 0.15) is 6.61 Å². The predicted octanol–water partition coefficient (Wildman–Crippen LogP) is 6.89. The molecule has 166 valence electrons. The van der Waals surface area contributed by atoms with Crippen LogP contribution in [0.5, 0.6) is 11.5 Å². The summed E-state index contributed by atoms with van der Waals surface area (Å²) in [7, 11) is 0. The van der Waals surface area contributed by atoms with E-state index in [4.69, 9.17) is 32.7 Å². The van der Waals surface area contributed by atoms with Gasteiger partial charge in [-0.05, 0) is 80.4 Å². The van der Waals surface area contributed by atoms with Gasteiger partial charge in [0.15, 0.2) is 11.5 Å². The summed E-state index contributed by atoms with van der Waals surface area (Å²) in [5.74, 6) is 5.07. The molecule has 3 nitrogen and oxygen atoms in total. The summed E-state index contributed by atoms with van der Waals surface area (Å²) in [5.41, 5.74) is 2.01. The molecule has 4 bridgehead atoms. The van der Waals surface area contributed by atoms with Crippen molar-refractivity contribution in [3.8, 4) is 11.5 Å². The Balaban J connectivity index is 1.28. The molecular formula is C26H31Cl2NO2. The highest BCUT2D eigenvalue weighted by atomic mass is 35.5. The molecule has 0 atom stereocenters. The van der Waals surface area contributed by atoms with Crippen molar-refractivity contribution in [1.82, 2.24) is 5.32 Å². The average Bonchev–Trinajstić information content (AvgIpc) is 2.74. The van der Waals surface area contributed by atoms with Crippen LogP contribution in [0.4, 0.5) is 0 Å². The molecule has 0 radical (unpaired) electrons. The number of nitrogens with one attached hydrogen (secondary N) is 1. The van der Waals surface area contributed by atoms with Crippen LogP contribution >= 0.6 is 23.2 Å². The highest BCUT2D eigenvalue weighted by Crippen LogP contribution is 2.53. The summed E-state index contributed by atoms with van der Waals surface area (Å²) in [5, 5.41) is 5.29. The van der Waals surface area contributed by atoms with Crippen molar-refractivity contribution < 1.29 is 9.47 Å². The zero-order chi connectivity index (χ0) is 21.4. The first-order valence-electron chi connectivity index (χ1n) is 11.7. The molecule has 0 aromatic heterocycles. The maximum Gasteiger partial charge on any atom is 0.163 e. The highest BCUT2D eigenvalue weighted by Gasteiger charge is 2.47. The second-order valence-corrected chi connectivity index (χ2v) is 10.4. The van der Waals surface area contributed by atoms with Gasteiger partial charge in [-0.3, -0.25) is 0 Å². The lowest BCUT2D eigenvalue weighted by Gasteiger charge is -2.54. The summed E-state index contributed by atoms with van der Waals surface area (Å²) in [6.45, 7) is 3.71. The van der Waals surface area contributed by atoms with Gasteiger partial charge in [-0.15, -0.1) is 0 Å². The third-order valence-electron chi connectivity index (χ3n) is 7.51. The van der Waals surface area contributed by atoms with Crippen molar-refractivity contribution in [2.75, 3.05) is 6.61 Å². The number of rotatable bonds is 8. The standard InChI is InChI=1S/C26H31Cl2NO2/c1-2-30-24-12-21(14-29-26-19-8-16-7-17(10-19)11-20(26)9-16)23(28)13-25(24)31-15-18-5-3-4-6-22(18)27/h3-6,12-13,16-17,19-20,26,29H,2,7-11,14-15H2,1H3. The van der Waals surface area contributed by atoms with Crippen LogP contribution in [0.25, 0.3) is 0 Å². The molecule has 4 aliphatic rings. The summed E-state index contributed by atoms with van der Waals surface area (Å²) in [6, 6.07) is 12.3. The number of ether oxygens (including phenoxy) is 2. The molecule has 4 saturated carbocycles. The minimum atomic E-state index is 0.376. The maximum atomic E-state index is 6.68. The summed E-state index contributed by atoms with van der Waals surface area (Å²) < 4.78 is 11.9. The van der Waals surface area contributed by atoms with E-state index >= 15 is 0 Å². The normalized spacial score (nSPS) is 28.7. The van der Waals surface area contributed by atoms with Crippen molar-refractivity contribution in [3.63, 3.8) is 0 Å². The lowest BCUT2D eigenvalue weighted by molar-refractivity contribution is -0.0142. The first kappa shape index (κ1) is 21.4. The zero-order valence-electron chi connectivity index (χ0n) is 18.1. The van der Waals surface area contributed by atoms with E-state index in [0.717, 1.165) is 47.1 Å². The second-order valence-electron chi connectivity index (χ2n) is 9.54. The van der Waals surface area contributed by atoms with E-state index in [1.165, 1.54) is 32.1 Å². The predicted molar refractivity (Wildman–Crippen MR) is 126 cm³/mol. The number of benzene rings is 2. The topological polar surface area (TPSA) is 30.5 Å². The van der Waals surface area contributed by atoms with Gasteiger partial charge >= 0.3 is 0 Å². The van der Waals surface area contributed by atoms with Crippen LogP contribution in [0.3, 0.4) is 0 Å². The van der Waals surface area contributed by atoms with Gasteiger partial charge in [0.05, 0.1) is 6.61 Å². The summed E-state index contributed by atoms with van der Waals surface area (Å²) >= 11 is 13.0. The van der Waals surface area contributed by atoms with Gasteiger partial charge in [-0.1, -0.05) is 41.4 Å². The fourth-order valence-electron chi connectivity index (χ4n) is 6.35. The molecule has 4 fully saturated rings. The van der Waals surface area contributed by atoms with Crippen LogP contribution in [0, 0.1) is 23.7 Å². The Hall–Kier alpha value is -1.42. The molecule has 0 unspecified atom stereocenters. The van der Waals surface area contributed by atoms with Gasteiger partial charge in [0, 0.05) is 34.3 Å². The van der Waals surface area contributed by atoms with Crippen LogP contribution in [0.2, 0.25) is 10.0 Å².